The summed E-state index contributed by atoms with van der Waals surface area (Å²) in [6.07, 6.45) is 0. The Hall–Kier alpha value is -3.12. The molecule has 0 aromatic heterocycles. The molecule has 0 bridgehead atoms. The van der Waals surface area contributed by atoms with Crippen LogP contribution in [-0.2, 0) is 0 Å². The third-order valence-corrected chi connectivity index (χ3v) is 5.38. The molecular weight excluding hydrogens is 336 g/mol. The van der Waals surface area contributed by atoms with Gasteiger partial charge in [-0.3, -0.25) is 0 Å². The van der Waals surface area contributed by atoms with E-state index in [0.717, 1.165) is 0 Å². The molecule has 0 aliphatic heterocycles. The predicted molar refractivity (Wildman–Crippen MR) is 123 cm³/mol. The van der Waals surface area contributed by atoms with Gasteiger partial charge in [0.1, 0.15) is 0 Å². The van der Waals surface area contributed by atoms with E-state index < -0.39 is 0 Å². The van der Waals surface area contributed by atoms with Crippen LogP contribution in [0.2, 0.25) is 0 Å². The lowest BCUT2D eigenvalue weighted by Gasteiger charge is -2.07. The third-order valence-electron chi connectivity index (χ3n) is 5.38. The quantitative estimate of drug-likeness (QED) is 0.338. The largest absolute Gasteiger partial charge is 0.0622 e. The van der Waals surface area contributed by atoms with E-state index in [2.05, 4.69) is 125 Å². The Morgan fingerprint density at radius 3 is 1.07 bits per heavy atom. The summed E-state index contributed by atoms with van der Waals surface area (Å²) in [6.45, 7) is 8.67. The fourth-order valence-electron chi connectivity index (χ4n) is 3.36. The predicted octanol–water partition coefficient (Wildman–Crippen LogP) is 7.94. The van der Waals surface area contributed by atoms with Gasteiger partial charge in [0.05, 0.1) is 0 Å². The van der Waals surface area contributed by atoms with Crippen molar-refractivity contribution < 1.29 is 0 Å². The maximum Gasteiger partial charge on any atom is -0.0152 e. The Labute approximate surface area is 169 Å². The zero-order valence-corrected chi connectivity index (χ0v) is 17.2. The number of benzene rings is 4. The zero-order chi connectivity index (χ0) is 19.9. The molecule has 0 aliphatic rings. The topological polar surface area (TPSA) is 0 Å². The van der Waals surface area contributed by atoms with Crippen molar-refractivity contribution in [2.45, 2.75) is 27.7 Å². The summed E-state index contributed by atoms with van der Waals surface area (Å²) in [4.78, 5) is 0. The molecule has 28 heavy (non-hydrogen) atoms. The van der Waals surface area contributed by atoms with Gasteiger partial charge >= 0.3 is 0 Å². The monoisotopic (exact) mass is 364 g/mol. The first-order chi connectivity index (χ1) is 13.6. The molecule has 0 heteroatoms. The molecule has 4 aromatic rings. The first-order valence-corrected chi connectivity index (χ1v) is 9.81. The van der Waals surface area contributed by atoms with Crippen LogP contribution >= 0.6 is 0 Å². The molecule has 0 saturated carbocycles. The molecule has 0 atom stereocenters. The highest BCUT2D eigenvalue weighted by molar-refractivity contribution is 5.69. The van der Waals surface area contributed by atoms with Crippen molar-refractivity contribution in [3.63, 3.8) is 0 Å². The number of hydrogen-bond acceptors (Lipinski definition) is 0. The second-order valence-corrected chi connectivity index (χ2v) is 7.23. The van der Waals surface area contributed by atoms with Crippen LogP contribution in [-0.4, -0.2) is 0 Å². The summed E-state index contributed by atoms with van der Waals surface area (Å²) >= 11 is 0. The van der Waals surface area contributed by atoms with E-state index in [4.69, 9.17) is 0 Å². The summed E-state index contributed by atoms with van der Waals surface area (Å²) in [5.74, 6) is 0. The van der Waals surface area contributed by atoms with E-state index in [-0.39, 0.29) is 0 Å². The average Bonchev–Trinajstić information content (AvgIpc) is 2.74. The zero-order valence-electron chi connectivity index (χ0n) is 17.2. The summed E-state index contributed by atoms with van der Waals surface area (Å²) in [5, 5.41) is 0. The molecule has 4 aromatic carbocycles. The minimum Gasteiger partial charge on any atom is -0.0622 e. The van der Waals surface area contributed by atoms with Gasteiger partial charge in [-0.05, 0) is 72.2 Å². The van der Waals surface area contributed by atoms with Crippen LogP contribution in [0.4, 0.5) is 0 Å². The summed E-state index contributed by atoms with van der Waals surface area (Å²) in [7, 11) is 0. The van der Waals surface area contributed by atoms with E-state index in [1.54, 1.807) is 0 Å². The molecule has 0 amide bonds. The summed E-state index contributed by atoms with van der Waals surface area (Å²) in [6, 6.07) is 33.9. The molecule has 0 nitrogen and oxygen atoms in total. The minimum absolute atomic E-state index is 1.30. The van der Waals surface area contributed by atoms with Crippen LogP contribution in [0.3, 0.4) is 0 Å². The number of rotatable bonds is 2. The molecule has 0 aliphatic carbocycles. The Morgan fingerprint density at radius 2 is 0.714 bits per heavy atom. The molecule has 0 radical (unpaired) electrons. The second-order valence-electron chi connectivity index (χ2n) is 7.23. The lowest BCUT2D eigenvalue weighted by molar-refractivity contribution is 1.34. The highest BCUT2D eigenvalue weighted by Crippen LogP contribution is 2.25. The van der Waals surface area contributed by atoms with E-state index >= 15 is 0 Å². The van der Waals surface area contributed by atoms with Gasteiger partial charge in [0.2, 0.25) is 0 Å². The lowest BCUT2D eigenvalue weighted by Crippen LogP contribution is -1.85. The van der Waals surface area contributed by atoms with E-state index in [1.807, 2.05) is 0 Å². The Bertz CT molecular complexity index is 941. The first kappa shape index (κ1) is 19.6. The van der Waals surface area contributed by atoms with Crippen LogP contribution < -0.4 is 0 Å². The van der Waals surface area contributed by atoms with Crippen LogP contribution in [0.25, 0.3) is 22.3 Å². The third kappa shape index (κ3) is 4.58. The average molecular weight is 365 g/mol. The van der Waals surface area contributed by atoms with Crippen LogP contribution in [0.15, 0.2) is 97.1 Å². The fraction of sp³-hybridized carbons (Fsp3) is 0.143. The minimum atomic E-state index is 1.30. The maximum atomic E-state index is 2.18. The molecule has 0 heterocycles. The number of hydrogen-bond donors (Lipinski definition) is 0. The highest BCUT2D eigenvalue weighted by atomic mass is 14.1. The second kappa shape index (κ2) is 9.19. The molecule has 0 N–H and O–H groups in total. The highest BCUT2D eigenvalue weighted by Gasteiger charge is 2.02. The van der Waals surface area contributed by atoms with E-state index in [1.165, 1.54) is 44.5 Å². The smallest absolute Gasteiger partial charge is 0.0152 e. The SMILES string of the molecule is Cc1cccc(-c2ccccc2)c1C.Cc1cccc(-c2ccccc2)c1C. The fourth-order valence-corrected chi connectivity index (χ4v) is 3.36. The van der Waals surface area contributed by atoms with E-state index in [0.29, 0.717) is 0 Å². The van der Waals surface area contributed by atoms with Crippen molar-refractivity contribution in [1.82, 2.24) is 0 Å². The molecule has 0 fully saturated rings. The maximum absolute atomic E-state index is 2.18. The van der Waals surface area contributed by atoms with Crippen LogP contribution in [0.5, 0.6) is 0 Å². The molecule has 0 saturated heterocycles. The molecule has 0 spiro atoms. The normalized spacial score (nSPS) is 10.1. The summed E-state index contributed by atoms with van der Waals surface area (Å²) in [5.41, 5.74) is 10.7. The van der Waals surface area contributed by atoms with Crippen LogP contribution in [0.1, 0.15) is 22.3 Å². The van der Waals surface area contributed by atoms with Crippen molar-refractivity contribution in [3.05, 3.63) is 119 Å². The van der Waals surface area contributed by atoms with Gasteiger partial charge in [0.25, 0.3) is 0 Å². The van der Waals surface area contributed by atoms with Crippen molar-refractivity contribution in [1.29, 1.82) is 0 Å². The van der Waals surface area contributed by atoms with Crippen molar-refractivity contribution in [3.8, 4) is 22.3 Å². The van der Waals surface area contributed by atoms with Gasteiger partial charge < -0.3 is 0 Å². The molecule has 140 valence electrons. The Kier molecular flexibility index (Phi) is 6.45. The van der Waals surface area contributed by atoms with E-state index in [9.17, 15) is 0 Å². The molecule has 0 unspecified atom stereocenters. The van der Waals surface area contributed by atoms with Crippen LogP contribution in [0, 0.1) is 27.7 Å². The van der Waals surface area contributed by atoms with Gasteiger partial charge in [-0.25, -0.2) is 0 Å². The summed E-state index contributed by atoms with van der Waals surface area (Å²) < 4.78 is 0. The first-order valence-electron chi connectivity index (χ1n) is 9.81. The lowest BCUT2D eigenvalue weighted by atomic mass is 9.97. The number of aryl methyl sites for hydroxylation is 2. The van der Waals surface area contributed by atoms with Crippen molar-refractivity contribution >= 4 is 0 Å². The van der Waals surface area contributed by atoms with Crippen molar-refractivity contribution in [2.24, 2.45) is 0 Å². The van der Waals surface area contributed by atoms with Gasteiger partial charge in [-0.1, -0.05) is 97.1 Å². The van der Waals surface area contributed by atoms with Gasteiger partial charge in [0, 0.05) is 0 Å². The Balaban J connectivity index is 0.000000161. The molecular formula is C28H28. The molecule has 4 rings (SSSR count). The van der Waals surface area contributed by atoms with Gasteiger partial charge in [-0.15, -0.1) is 0 Å². The van der Waals surface area contributed by atoms with Gasteiger partial charge in [0.15, 0.2) is 0 Å². The van der Waals surface area contributed by atoms with Crippen molar-refractivity contribution in [2.75, 3.05) is 0 Å². The van der Waals surface area contributed by atoms with Gasteiger partial charge in [-0.2, -0.15) is 0 Å². The standard InChI is InChI=1S/2C14H14/c2*1-11-7-6-10-14(12(11)2)13-8-4-3-5-9-13/h2*3-10H,1-2H3. The Morgan fingerprint density at radius 1 is 0.357 bits per heavy atom.